The number of aromatic nitrogens is 3. The number of rotatable bonds is 6. The highest BCUT2D eigenvalue weighted by molar-refractivity contribution is 6.33. The van der Waals surface area contributed by atoms with Crippen LogP contribution in [0.15, 0.2) is 47.8 Å². The molecule has 9 heteroatoms. The molecule has 8 nitrogen and oxygen atoms in total. The molecular formula is C27H31ClN6O2. The molecule has 0 radical (unpaired) electrons. The van der Waals surface area contributed by atoms with Crippen molar-refractivity contribution < 1.29 is 4.79 Å². The zero-order valence-corrected chi connectivity index (χ0v) is 21.5. The minimum absolute atomic E-state index is 0.0465. The van der Waals surface area contributed by atoms with Gasteiger partial charge in [-0.1, -0.05) is 49.7 Å². The summed E-state index contributed by atoms with van der Waals surface area (Å²) < 4.78 is 1.63. The number of nitrogens with zero attached hydrogens (tertiary/aromatic N) is 6. The first-order chi connectivity index (χ1) is 17.4. The summed E-state index contributed by atoms with van der Waals surface area (Å²) in [5, 5.41) is 1.27. The van der Waals surface area contributed by atoms with Crippen molar-refractivity contribution in [3.05, 3.63) is 64.1 Å². The normalized spacial score (nSPS) is 17.9. The highest BCUT2D eigenvalue weighted by atomic mass is 35.5. The molecule has 1 atom stereocenters. The van der Waals surface area contributed by atoms with Crippen LogP contribution in [0.25, 0.3) is 16.7 Å². The first-order valence-electron chi connectivity index (χ1n) is 12.6. The zero-order chi connectivity index (χ0) is 25.4. The van der Waals surface area contributed by atoms with E-state index in [0.29, 0.717) is 41.9 Å². The second-order valence-corrected chi connectivity index (χ2v) is 9.88. The Morgan fingerprint density at radius 3 is 2.61 bits per heavy atom. The Morgan fingerprint density at radius 1 is 1.17 bits per heavy atom. The number of fused-ring (bicyclic) bond motifs is 1. The molecule has 2 saturated heterocycles. The van der Waals surface area contributed by atoms with Gasteiger partial charge in [-0.2, -0.15) is 4.98 Å². The van der Waals surface area contributed by atoms with Crippen molar-refractivity contribution in [2.24, 2.45) is 0 Å². The molecule has 2 aliphatic rings. The third-order valence-corrected chi connectivity index (χ3v) is 7.35. The van der Waals surface area contributed by atoms with Crippen molar-refractivity contribution in [1.82, 2.24) is 19.4 Å². The van der Waals surface area contributed by atoms with E-state index >= 15 is 0 Å². The van der Waals surface area contributed by atoms with Gasteiger partial charge >= 0.3 is 5.69 Å². The zero-order valence-electron chi connectivity index (χ0n) is 20.8. The Hall–Kier alpha value is -3.39. The van der Waals surface area contributed by atoms with Gasteiger partial charge in [0.1, 0.15) is 11.6 Å². The quantitative estimate of drug-likeness (QED) is 0.473. The molecule has 2 aromatic heterocycles. The summed E-state index contributed by atoms with van der Waals surface area (Å²) in [6, 6.07) is 9.78. The van der Waals surface area contributed by atoms with Crippen LogP contribution >= 0.6 is 11.6 Å². The van der Waals surface area contributed by atoms with Gasteiger partial charge in [-0.05, 0) is 43.5 Å². The minimum atomic E-state index is -0.373. The average molecular weight is 507 g/mol. The SMILES string of the molecule is C=CC(=O)N1CCN(c2nc(=O)n(-c3ccccc3CCC)c3nc(N4CCC4)c(Cl)cc23)[C@@H](C)C1. The highest BCUT2D eigenvalue weighted by Gasteiger charge is 2.30. The lowest BCUT2D eigenvalue weighted by Crippen LogP contribution is -2.54. The lowest BCUT2D eigenvalue weighted by atomic mass is 10.1. The van der Waals surface area contributed by atoms with E-state index < -0.39 is 0 Å². The van der Waals surface area contributed by atoms with E-state index in [1.807, 2.05) is 31.2 Å². The number of piperazine rings is 1. The molecule has 5 rings (SSSR count). The van der Waals surface area contributed by atoms with E-state index in [1.54, 1.807) is 9.47 Å². The summed E-state index contributed by atoms with van der Waals surface area (Å²) in [5.41, 5.74) is 2.05. The molecule has 2 fully saturated rings. The summed E-state index contributed by atoms with van der Waals surface area (Å²) >= 11 is 6.76. The van der Waals surface area contributed by atoms with Gasteiger partial charge in [0, 0.05) is 38.8 Å². The summed E-state index contributed by atoms with van der Waals surface area (Å²) in [5.74, 6) is 1.16. The number of pyridine rings is 1. The van der Waals surface area contributed by atoms with E-state index in [9.17, 15) is 9.59 Å². The monoisotopic (exact) mass is 506 g/mol. The number of para-hydroxylation sites is 1. The number of halogens is 1. The molecule has 0 bridgehead atoms. The smallest absolute Gasteiger partial charge is 0.355 e. The third kappa shape index (κ3) is 4.23. The molecule has 2 aliphatic heterocycles. The Balaban J connectivity index is 1.70. The highest BCUT2D eigenvalue weighted by Crippen LogP contribution is 2.35. The number of hydrogen-bond donors (Lipinski definition) is 0. The number of hydrogen-bond acceptors (Lipinski definition) is 6. The van der Waals surface area contributed by atoms with Crippen molar-refractivity contribution in [1.29, 1.82) is 0 Å². The number of carbonyl (C=O) groups excluding carboxylic acids is 1. The van der Waals surface area contributed by atoms with Crippen molar-refractivity contribution in [3.8, 4) is 5.69 Å². The fraction of sp³-hybridized carbons (Fsp3) is 0.407. The van der Waals surface area contributed by atoms with E-state index in [-0.39, 0.29) is 17.6 Å². The summed E-state index contributed by atoms with van der Waals surface area (Å²) in [6.45, 7) is 11.1. The van der Waals surface area contributed by atoms with Crippen molar-refractivity contribution in [2.75, 3.05) is 42.5 Å². The van der Waals surface area contributed by atoms with Crippen LogP contribution in [0.5, 0.6) is 0 Å². The van der Waals surface area contributed by atoms with Crippen LogP contribution in [0.2, 0.25) is 5.02 Å². The van der Waals surface area contributed by atoms with Gasteiger partial charge in [-0.3, -0.25) is 4.79 Å². The molecule has 3 aromatic rings. The van der Waals surface area contributed by atoms with Crippen LogP contribution in [0, 0.1) is 0 Å². The molecule has 36 heavy (non-hydrogen) atoms. The molecule has 0 N–H and O–H groups in total. The lowest BCUT2D eigenvalue weighted by Gasteiger charge is -2.40. The Bertz CT molecular complexity index is 1380. The number of anilines is 2. The first kappa shape index (κ1) is 24.3. The fourth-order valence-electron chi connectivity index (χ4n) is 5.09. The van der Waals surface area contributed by atoms with Crippen LogP contribution < -0.4 is 15.5 Å². The van der Waals surface area contributed by atoms with Gasteiger partial charge in [-0.25, -0.2) is 14.3 Å². The summed E-state index contributed by atoms with van der Waals surface area (Å²) in [6.07, 6.45) is 4.23. The van der Waals surface area contributed by atoms with Crippen LogP contribution in [-0.4, -0.2) is 64.1 Å². The summed E-state index contributed by atoms with van der Waals surface area (Å²) in [7, 11) is 0. The van der Waals surface area contributed by atoms with Crippen molar-refractivity contribution >= 4 is 40.2 Å². The van der Waals surface area contributed by atoms with E-state index in [4.69, 9.17) is 16.6 Å². The van der Waals surface area contributed by atoms with Crippen LogP contribution in [0.1, 0.15) is 32.3 Å². The predicted molar refractivity (Wildman–Crippen MR) is 145 cm³/mol. The Morgan fingerprint density at radius 2 is 1.94 bits per heavy atom. The molecule has 0 spiro atoms. The Kier molecular flexibility index (Phi) is 6.71. The van der Waals surface area contributed by atoms with Gasteiger partial charge < -0.3 is 14.7 Å². The average Bonchev–Trinajstić information content (AvgIpc) is 2.84. The Labute approximate surface area is 215 Å². The third-order valence-electron chi connectivity index (χ3n) is 7.08. The molecule has 0 saturated carbocycles. The number of carbonyl (C=O) groups is 1. The van der Waals surface area contributed by atoms with E-state index in [0.717, 1.165) is 49.0 Å². The second kappa shape index (κ2) is 9.93. The first-order valence-corrected chi connectivity index (χ1v) is 12.9. The number of benzene rings is 1. The number of amides is 1. The fourth-order valence-corrected chi connectivity index (χ4v) is 5.36. The molecule has 4 heterocycles. The maximum Gasteiger partial charge on any atom is 0.355 e. The van der Waals surface area contributed by atoms with Gasteiger partial charge in [0.05, 0.1) is 16.1 Å². The summed E-state index contributed by atoms with van der Waals surface area (Å²) in [4.78, 5) is 41.4. The van der Waals surface area contributed by atoms with Gasteiger partial charge in [0.25, 0.3) is 0 Å². The van der Waals surface area contributed by atoms with Crippen LogP contribution in [-0.2, 0) is 11.2 Å². The van der Waals surface area contributed by atoms with Crippen molar-refractivity contribution in [3.63, 3.8) is 0 Å². The van der Waals surface area contributed by atoms with E-state index in [1.165, 1.54) is 6.08 Å². The van der Waals surface area contributed by atoms with E-state index in [2.05, 4.69) is 34.4 Å². The maximum atomic E-state index is 13.7. The second-order valence-electron chi connectivity index (χ2n) is 9.47. The van der Waals surface area contributed by atoms with Gasteiger partial charge in [-0.15, -0.1) is 0 Å². The molecule has 0 aliphatic carbocycles. The molecule has 188 valence electrons. The van der Waals surface area contributed by atoms with Crippen LogP contribution in [0.4, 0.5) is 11.6 Å². The molecule has 1 amide bonds. The number of aryl methyl sites for hydroxylation is 1. The molecule has 0 unspecified atom stereocenters. The standard InChI is InChI=1S/C27H31ClN6O2/c1-4-9-19-10-6-7-11-22(19)34-25-20(16-21(28)26(29-25)31-12-8-13-31)24(30-27(34)36)33-15-14-32(17-18(33)3)23(35)5-2/h5-7,10-11,16,18H,2,4,8-9,12-15,17H2,1,3H3/t18-/m0/s1. The topological polar surface area (TPSA) is 74.6 Å². The lowest BCUT2D eigenvalue weighted by molar-refractivity contribution is -0.126. The maximum absolute atomic E-state index is 13.7. The molecule has 1 aromatic carbocycles. The van der Waals surface area contributed by atoms with Crippen molar-refractivity contribution in [2.45, 2.75) is 39.2 Å². The predicted octanol–water partition coefficient (Wildman–Crippen LogP) is 3.82. The minimum Gasteiger partial charge on any atom is -0.355 e. The van der Waals surface area contributed by atoms with Gasteiger partial charge in [0.15, 0.2) is 5.65 Å². The largest absolute Gasteiger partial charge is 0.355 e. The molecular weight excluding hydrogens is 476 g/mol. The van der Waals surface area contributed by atoms with Crippen LogP contribution in [0.3, 0.4) is 0 Å². The van der Waals surface area contributed by atoms with Gasteiger partial charge in [0.2, 0.25) is 5.91 Å².